The lowest BCUT2D eigenvalue weighted by molar-refractivity contribution is -0.119. The molecule has 3 rings (SSSR count). The summed E-state index contributed by atoms with van der Waals surface area (Å²) in [4.78, 5) is 36.9. The first kappa shape index (κ1) is 19.9. The Morgan fingerprint density at radius 3 is 2.75 bits per heavy atom. The maximum absolute atomic E-state index is 13.6. The van der Waals surface area contributed by atoms with E-state index in [9.17, 15) is 23.2 Å². The first-order valence-electron chi connectivity index (χ1n) is 8.62. The molecule has 1 aliphatic carbocycles. The molecule has 1 aromatic carbocycles. The van der Waals surface area contributed by atoms with Crippen LogP contribution >= 0.6 is 11.3 Å². The molecule has 2 amide bonds. The molecule has 0 bridgehead atoms. The third-order valence-electron chi connectivity index (χ3n) is 4.50. The highest BCUT2D eigenvalue weighted by atomic mass is 32.1. The largest absolute Gasteiger partial charge is 0.452 e. The van der Waals surface area contributed by atoms with E-state index in [1.54, 1.807) is 0 Å². The number of hydrogen-bond donors (Lipinski definition) is 2. The summed E-state index contributed by atoms with van der Waals surface area (Å²) < 4.78 is 31.3. The third kappa shape index (κ3) is 4.19. The SMILES string of the molecule is C[C@H]1CCc2c(sc(NC(=O)COC(=O)c3ccc(F)cc3F)c2C(N)=O)C1. The van der Waals surface area contributed by atoms with Gasteiger partial charge in [-0.05, 0) is 42.9 Å². The lowest BCUT2D eigenvalue weighted by atomic mass is 9.88. The summed E-state index contributed by atoms with van der Waals surface area (Å²) in [7, 11) is 0. The number of esters is 1. The van der Waals surface area contributed by atoms with Crippen LogP contribution in [-0.4, -0.2) is 24.4 Å². The first-order valence-corrected chi connectivity index (χ1v) is 9.44. The van der Waals surface area contributed by atoms with Crippen molar-refractivity contribution >= 4 is 34.1 Å². The Hall–Kier alpha value is -2.81. The zero-order valence-electron chi connectivity index (χ0n) is 15.0. The van der Waals surface area contributed by atoms with Gasteiger partial charge < -0.3 is 15.8 Å². The summed E-state index contributed by atoms with van der Waals surface area (Å²) in [6, 6.07) is 2.40. The van der Waals surface area contributed by atoms with Gasteiger partial charge in [0.1, 0.15) is 16.6 Å². The predicted octanol–water partition coefficient (Wildman–Crippen LogP) is 3.05. The van der Waals surface area contributed by atoms with Crippen LogP contribution in [0, 0.1) is 17.6 Å². The summed E-state index contributed by atoms with van der Waals surface area (Å²) in [6.45, 7) is 1.42. The molecule has 0 aliphatic heterocycles. The molecular formula is C19H18F2N2O4S. The Balaban J connectivity index is 1.68. The van der Waals surface area contributed by atoms with Crippen LogP contribution in [0.5, 0.6) is 0 Å². The average Bonchev–Trinajstić information content (AvgIpc) is 2.96. The van der Waals surface area contributed by atoms with Gasteiger partial charge in [0.25, 0.3) is 11.8 Å². The van der Waals surface area contributed by atoms with Gasteiger partial charge in [-0.3, -0.25) is 9.59 Å². The number of rotatable bonds is 5. The Morgan fingerprint density at radius 2 is 2.07 bits per heavy atom. The molecule has 2 aromatic rings. The fraction of sp³-hybridized carbons (Fsp3) is 0.316. The number of anilines is 1. The van der Waals surface area contributed by atoms with Crippen molar-refractivity contribution in [2.45, 2.75) is 26.2 Å². The summed E-state index contributed by atoms with van der Waals surface area (Å²) in [5.41, 5.74) is 6.15. The minimum absolute atomic E-state index is 0.288. The van der Waals surface area contributed by atoms with Crippen LogP contribution in [0.15, 0.2) is 18.2 Å². The second-order valence-electron chi connectivity index (χ2n) is 6.67. The van der Waals surface area contributed by atoms with Gasteiger partial charge in [-0.15, -0.1) is 11.3 Å². The monoisotopic (exact) mass is 408 g/mol. The molecule has 0 spiro atoms. The molecule has 0 fully saturated rings. The third-order valence-corrected chi connectivity index (χ3v) is 5.67. The summed E-state index contributed by atoms with van der Waals surface area (Å²) in [5.74, 6) is -3.86. The fourth-order valence-electron chi connectivity index (χ4n) is 3.13. The molecule has 0 saturated heterocycles. The molecule has 9 heteroatoms. The number of amides is 2. The molecule has 1 aromatic heterocycles. The van der Waals surface area contributed by atoms with E-state index in [0.717, 1.165) is 35.4 Å². The summed E-state index contributed by atoms with van der Waals surface area (Å²) in [6.07, 6.45) is 2.44. The number of carbonyl (C=O) groups excluding carboxylic acids is 3. The number of hydrogen-bond acceptors (Lipinski definition) is 5. The number of carbonyl (C=O) groups is 3. The molecule has 28 heavy (non-hydrogen) atoms. The maximum Gasteiger partial charge on any atom is 0.341 e. The van der Waals surface area contributed by atoms with Crippen LogP contribution in [-0.2, 0) is 22.4 Å². The van der Waals surface area contributed by atoms with Crippen molar-refractivity contribution in [2.75, 3.05) is 11.9 Å². The topological polar surface area (TPSA) is 98.5 Å². The van der Waals surface area contributed by atoms with E-state index in [4.69, 9.17) is 10.5 Å². The van der Waals surface area contributed by atoms with Gasteiger partial charge in [-0.25, -0.2) is 13.6 Å². The van der Waals surface area contributed by atoms with Gasteiger partial charge in [-0.1, -0.05) is 6.92 Å². The number of nitrogens with one attached hydrogen (secondary N) is 1. The van der Waals surface area contributed by atoms with Gasteiger partial charge in [0, 0.05) is 10.9 Å². The Kier molecular flexibility index (Phi) is 5.73. The van der Waals surface area contributed by atoms with Crippen LogP contribution in [0.3, 0.4) is 0 Å². The number of ether oxygens (including phenoxy) is 1. The van der Waals surface area contributed by atoms with Crippen LogP contribution in [0.2, 0.25) is 0 Å². The standard InChI is InChI=1S/C19H18F2N2O4S/c1-9-2-4-12-14(6-9)28-18(16(12)17(22)25)23-15(24)8-27-19(26)11-5-3-10(20)7-13(11)21/h3,5,7,9H,2,4,6,8H2,1H3,(H2,22,25)(H,23,24)/t9-/m0/s1. The van der Waals surface area contributed by atoms with Gasteiger partial charge in [-0.2, -0.15) is 0 Å². The smallest absolute Gasteiger partial charge is 0.341 e. The quantitative estimate of drug-likeness (QED) is 0.743. The molecule has 6 nitrogen and oxygen atoms in total. The number of thiophene rings is 1. The summed E-state index contributed by atoms with van der Waals surface area (Å²) >= 11 is 1.28. The number of halogens is 2. The molecule has 0 radical (unpaired) electrons. The van der Waals surface area contributed by atoms with E-state index in [1.807, 2.05) is 0 Å². The maximum atomic E-state index is 13.6. The van der Waals surface area contributed by atoms with Crippen molar-refractivity contribution in [3.05, 3.63) is 51.4 Å². The second kappa shape index (κ2) is 8.05. The molecule has 148 valence electrons. The zero-order valence-corrected chi connectivity index (χ0v) is 15.8. The highest BCUT2D eigenvalue weighted by molar-refractivity contribution is 7.17. The molecule has 3 N–H and O–H groups in total. The number of nitrogens with two attached hydrogens (primary N) is 1. The Morgan fingerprint density at radius 1 is 1.32 bits per heavy atom. The number of benzene rings is 1. The van der Waals surface area contributed by atoms with Crippen molar-refractivity contribution in [1.82, 2.24) is 0 Å². The van der Waals surface area contributed by atoms with E-state index in [2.05, 4.69) is 12.2 Å². The molecular weight excluding hydrogens is 390 g/mol. The lowest BCUT2D eigenvalue weighted by Gasteiger charge is -2.18. The molecule has 1 atom stereocenters. The van der Waals surface area contributed by atoms with Gasteiger partial charge in [0.05, 0.1) is 11.1 Å². The number of primary amides is 1. The van der Waals surface area contributed by atoms with E-state index >= 15 is 0 Å². The average molecular weight is 408 g/mol. The van der Waals surface area contributed by atoms with E-state index in [-0.39, 0.29) is 5.56 Å². The highest BCUT2D eigenvalue weighted by Crippen LogP contribution is 2.39. The van der Waals surface area contributed by atoms with E-state index in [0.29, 0.717) is 23.4 Å². The van der Waals surface area contributed by atoms with Crippen molar-refractivity contribution in [3.8, 4) is 0 Å². The Labute approximate surface area is 163 Å². The van der Waals surface area contributed by atoms with Crippen molar-refractivity contribution in [3.63, 3.8) is 0 Å². The molecule has 1 heterocycles. The Bertz CT molecular complexity index is 958. The minimum atomic E-state index is -1.10. The van der Waals surface area contributed by atoms with E-state index < -0.39 is 41.6 Å². The van der Waals surface area contributed by atoms with Crippen LogP contribution < -0.4 is 11.1 Å². The molecule has 1 aliphatic rings. The lowest BCUT2D eigenvalue weighted by Crippen LogP contribution is -2.23. The van der Waals surface area contributed by atoms with Gasteiger partial charge >= 0.3 is 5.97 Å². The minimum Gasteiger partial charge on any atom is -0.452 e. The number of fused-ring (bicyclic) bond motifs is 1. The normalized spacial score (nSPS) is 15.6. The molecule has 0 unspecified atom stereocenters. The van der Waals surface area contributed by atoms with Crippen molar-refractivity contribution < 1.29 is 27.9 Å². The summed E-state index contributed by atoms with van der Waals surface area (Å²) in [5, 5.41) is 2.86. The fourth-order valence-corrected chi connectivity index (χ4v) is 4.56. The first-order chi connectivity index (χ1) is 13.3. The highest BCUT2D eigenvalue weighted by Gasteiger charge is 2.27. The predicted molar refractivity (Wildman–Crippen MR) is 99.3 cm³/mol. The molecule has 0 saturated carbocycles. The van der Waals surface area contributed by atoms with Crippen LogP contribution in [0.4, 0.5) is 13.8 Å². The van der Waals surface area contributed by atoms with Gasteiger partial charge in [0.15, 0.2) is 6.61 Å². The second-order valence-corrected chi connectivity index (χ2v) is 7.77. The van der Waals surface area contributed by atoms with Crippen LogP contribution in [0.1, 0.15) is 44.5 Å². The van der Waals surface area contributed by atoms with Crippen LogP contribution in [0.25, 0.3) is 0 Å². The zero-order chi connectivity index (χ0) is 20.4. The van der Waals surface area contributed by atoms with Gasteiger partial charge in [0.2, 0.25) is 0 Å². The van der Waals surface area contributed by atoms with Crippen molar-refractivity contribution in [1.29, 1.82) is 0 Å². The van der Waals surface area contributed by atoms with Crippen molar-refractivity contribution in [2.24, 2.45) is 11.7 Å². The van der Waals surface area contributed by atoms with E-state index in [1.165, 1.54) is 11.3 Å².